The van der Waals surface area contributed by atoms with Crippen molar-refractivity contribution in [2.24, 2.45) is 0 Å². The van der Waals surface area contributed by atoms with E-state index >= 15 is 0 Å². The summed E-state index contributed by atoms with van der Waals surface area (Å²) in [5, 5.41) is 3.37. The minimum atomic E-state index is 0.653. The molecule has 0 bridgehead atoms. The van der Waals surface area contributed by atoms with Gasteiger partial charge < -0.3 is 15.8 Å². The Morgan fingerprint density at radius 3 is 2.73 bits per heavy atom. The van der Waals surface area contributed by atoms with E-state index in [1.807, 2.05) is 6.07 Å². The third-order valence-electron chi connectivity index (χ3n) is 3.07. The summed E-state index contributed by atoms with van der Waals surface area (Å²) < 4.78 is 5.24. The van der Waals surface area contributed by atoms with E-state index in [-0.39, 0.29) is 0 Å². The molecule has 0 atom stereocenters. The molecule has 0 aliphatic carbocycles. The van der Waals surface area contributed by atoms with Crippen molar-refractivity contribution in [3.63, 3.8) is 0 Å². The number of rotatable bonds is 2. The first kappa shape index (κ1) is 10.3. The first-order valence-electron chi connectivity index (χ1n) is 5.45. The van der Waals surface area contributed by atoms with E-state index < -0.39 is 0 Å². The summed E-state index contributed by atoms with van der Waals surface area (Å²) in [6.45, 7) is 2.22. The van der Waals surface area contributed by atoms with Gasteiger partial charge in [-0.3, -0.25) is 0 Å². The zero-order chi connectivity index (χ0) is 10.7. The average molecular weight is 206 g/mol. The molecule has 0 saturated carbocycles. The second-order valence-corrected chi connectivity index (χ2v) is 4.03. The minimum Gasteiger partial charge on any atom is -0.495 e. The van der Waals surface area contributed by atoms with Gasteiger partial charge in [0.15, 0.2) is 0 Å². The van der Waals surface area contributed by atoms with Crippen LogP contribution in [0.4, 0.5) is 5.69 Å². The molecule has 1 aromatic carbocycles. The van der Waals surface area contributed by atoms with Gasteiger partial charge >= 0.3 is 0 Å². The summed E-state index contributed by atoms with van der Waals surface area (Å²) in [5.41, 5.74) is 7.86. The van der Waals surface area contributed by atoms with E-state index in [2.05, 4.69) is 17.4 Å². The lowest BCUT2D eigenvalue weighted by Gasteiger charge is -2.23. The molecule has 0 unspecified atom stereocenters. The van der Waals surface area contributed by atoms with Crippen LogP contribution in [0.2, 0.25) is 0 Å². The lowest BCUT2D eigenvalue weighted by molar-refractivity contribution is 0.413. The SMILES string of the molecule is COc1cc(C2CCNCC2)ccc1N. The van der Waals surface area contributed by atoms with Gasteiger partial charge in [0.05, 0.1) is 12.8 Å². The Hall–Kier alpha value is -1.22. The van der Waals surface area contributed by atoms with Crippen molar-refractivity contribution < 1.29 is 4.74 Å². The Morgan fingerprint density at radius 2 is 2.07 bits per heavy atom. The molecule has 0 amide bonds. The minimum absolute atomic E-state index is 0.653. The van der Waals surface area contributed by atoms with E-state index in [4.69, 9.17) is 10.5 Å². The van der Waals surface area contributed by atoms with E-state index in [1.165, 1.54) is 18.4 Å². The van der Waals surface area contributed by atoms with E-state index in [0.717, 1.165) is 24.5 Å². The van der Waals surface area contributed by atoms with Gasteiger partial charge in [-0.2, -0.15) is 0 Å². The number of benzene rings is 1. The van der Waals surface area contributed by atoms with Crippen LogP contribution in [-0.4, -0.2) is 20.2 Å². The smallest absolute Gasteiger partial charge is 0.142 e. The molecule has 1 fully saturated rings. The van der Waals surface area contributed by atoms with Gasteiger partial charge in [0, 0.05) is 0 Å². The summed E-state index contributed by atoms with van der Waals surface area (Å²) in [4.78, 5) is 0. The standard InChI is InChI=1S/C12H18N2O/c1-15-12-8-10(2-3-11(12)13)9-4-6-14-7-5-9/h2-3,8-9,14H,4-7,13H2,1H3. The van der Waals surface area contributed by atoms with Crippen LogP contribution in [-0.2, 0) is 0 Å². The second-order valence-electron chi connectivity index (χ2n) is 4.03. The van der Waals surface area contributed by atoms with Crippen molar-refractivity contribution in [3.8, 4) is 5.75 Å². The van der Waals surface area contributed by atoms with Gasteiger partial charge in [-0.25, -0.2) is 0 Å². The van der Waals surface area contributed by atoms with Crippen LogP contribution >= 0.6 is 0 Å². The predicted molar refractivity (Wildman–Crippen MR) is 62.3 cm³/mol. The quantitative estimate of drug-likeness (QED) is 0.725. The van der Waals surface area contributed by atoms with E-state index in [0.29, 0.717) is 5.92 Å². The molecule has 1 saturated heterocycles. The third kappa shape index (κ3) is 2.23. The number of nitrogens with one attached hydrogen (secondary N) is 1. The van der Waals surface area contributed by atoms with Crippen LogP contribution in [0.15, 0.2) is 18.2 Å². The molecule has 1 heterocycles. The number of methoxy groups -OCH3 is 1. The molecule has 15 heavy (non-hydrogen) atoms. The Kier molecular flexibility index (Phi) is 3.11. The molecule has 3 heteroatoms. The molecular formula is C12H18N2O. The van der Waals surface area contributed by atoms with Crippen molar-refractivity contribution in [2.45, 2.75) is 18.8 Å². The molecule has 3 N–H and O–H groups in total. The summed E-state index contributed by atoms with van der Waals surface area (Å²) in [6.07, 6.45) is 2.40. The largest absolute Gasteiger partial charge is 0.495 e. The number of nitrogen functional groups attached to an aromatic ring is 1. The monoisotopic (exact) mass is 206 g/mol. The highest BCUT2D eigenvalue weighted by atomic mass is 16.5. The number of anilines is 1. The Labute approximate surface area is 90.6 Å². The maximum Gasteiger partial charge on any atom is 0.142 e. The molecule has 2 rings (SSSR count). The molecule has 1 aromatic rings. The molecule has 0 radical (unpaired) electrons. The van der Waals surface area contributed by atoms with Crippen LogP contribution in [0.25, 0.3) is 0 Å². The number of nitrogens with two attached hydrogens (primary N) is 1. The van der Waals surface area contributed by atoms with Gasteiger partial charge in [-0.05, 0) is 49.5 Å². The fourth-order valence-electron chi connectivity index (χ4n) is 2.14. The second kappa shape index (κ2) is 4.53. The third-order valence-corrected chi connectivity index (χ3v) is 3.07. The highest BCUT2D eigenvalue weighted by molar-refractivity contribution is 5.54. The fraction of sp³-hybridized carbons (Fsp3) is 0.500. The lowest BCUT2D eigenvalue weighted by Crippen LogP contribution is -2.26. The van der Waals surface area contributed by atoms with Crippen molar-refractivity contribution in [2.75, 3.05) is 25.9 Å². The topological polar surface area (TPSA) is 47.3 Å². The van der Waals surface area contributed by atoms with Crippen LogP contribution in [0.1, 0.15) is 24.3 Å². The van der Waals surface area contributed by atoms with Crippen LogP contribution in [0, 0.1) is 0 Å². The highest BCUT2D eigenvalue weighted by Crippen LogP contribution is 2.30. The normalized spacial score (nSPS) is 17.7. The van der Waals surface area contributed by atoms with Crippen molar-refractivity contribution in [1.82, 2.24) is 5.32 Å². The number of piperidine rings is 1. The molecule has 3 nitrogen and oxygen atoms in total. The molecule has 1 aliphatic rings. The van der Waals surface area contributed by atoms with Gasteiger partial charge in [-0.1, -0.05) is 6.07 Å². The number of hydrogen-bond acceptors (Lipinski definition) is 3. The molecule has 82 valence electrons. The summed E-state index contributed by atoms with van der Waals surface area (Å²) in [7, 11) is 1.66. The zero-order valence-electron chi connectivity index (χ0n) is 9.12. The Morgan fingerprint density at radius 1 is 1.33 bits per heavy atom. The molecule has 0 aromatic heterocycles. The van der Waals surface area contributed by atoms with Gasteiger partial charge in [0.25, 0.3) is 0 Å². The molecular weight excluding hydrogens is 188 g/mol. The van der Waals surface area contributed by atoms with Crippen LogP contribution < -0.4 is 15.8 Å². The van der Waals surface area contributed by atoms with E-state index in [1.54, 1.807) is 7.11 Å². The van der Waals surface area contributed by atoms with Crippen molar-refractivity contribution in [1.29, 1.82) is 0 Å². The lowest BCUT2D eigenvalue weighted by atomic mass is 9.90. The molecule has 1 aliphatic heterocycles. The van der Waals surface area contributed by atoms with Crippen molar-refractivity contribution in [3.05, 3.63) is 23.8 Å². The Balaban J connectivity index is 2.20. The summed E-state index contributed by atoms with van der Waals surface area (Å²) >= 11 is 0. The van der Waals surface area contributed by atoms with Gasteiger partial charge in [-0.15, -0.1) is 0 Å². The van der Waals surface area contributed by atoms with Crippen LogP contribution in [0.5, 0.6) is 5.75 Å². The van der Waals surface area contributed by atoms with Crippen LogP contribution in [0.3, 0.4) is 0 Å². The molecule has 0 spiro atoms. The van der Waals surface area contributed by atoms with Crippen molar-refractivity contribution >= 4 is 5.69 Å². The summed E-state index contributed by atoms with van der Waals surface area (Å²) in [5.74, 6) is 1.45. The first-order chi connectivity index (χ1) is 7.31. The Bertz CT molecular complexity index is 332. The zero-order valence-corrected chi connectivity index (χ0v) is 9.12. The van der Waals surface area contributed by atoms with E-state index in [9.17, 15) is 0 Å². The van der Waals surface area contributed by atoms with Gasteiger partial charge in [0.2, 0.25) is 0 Å². The predicted octanol–water partition coefficient (Wildman–Crippen LogP) is 1.74. The number of ether oxygens (including phenoxy) is 1. The highest BCUT2D eigenvalue weighted by Gasteiger charge is 2.16. The summed E-state index contributed by atoms with van der Waals surface area (Å²) in [6, 6.07) is 6.13. The number of hydrogen-bond donors (Lipinski definition) is 2. The maximum absolute atomic E-state index is 5.79. The average Bonchev–Trinajstić information content (AvgIpc) is 2.31. The van der Waals surface area contributed by atoms with Gasteiger partial charge in [0.1, 0.15) is 5.75 Å². The fourth-order valence-corrected chi connectivity index (χ4v) is 2.14. The maximum atomic E-state index is 5.79. The first-order valence-corrected chi connectivity index (χ1v) is 5.45.